The molecule has 3 rings (SSSR count). The number of hydrogen-bond acceptors (Lipinski definition) is 7. The molecule has 1 aromatic heterocycles. The number of non-ortho nitro benzene ring substituents is 1. The highest BCUT2D eigenvalue weighted by atomic mass is 32.1. The number of nitrogens with zero attached hydrogens (tertiary/aromatic N) is 3. The first kappa shape index (κ1) is 21.5. The average Bonchev–Trinajstić information content (AvgIpc) is 3.08. The number of amides is 1. The van der Waals surface area contributed by atoms with Gasteiger partial charge in [-0.15, -0.1) is 0 Å². The number of benzene rings is 2. The van der Waals surface area contributed by atoms with E-state index in [-0.39, 0.29) is 18.0 Å². The van der Waals surface area contributed by atoms with Crippen molar-refractivity contribution in [2.24, 2.45) is 4.99 Å². The minimum Gasteiger partial charge on any atom is -0.497 e. The van der Waals surface area contributed by atoms with Crippen molar-refractivity contribution in [1.29, 1.82) is 0 Å². The molecule has 0 fully saturated rings. The summed E-state index contributed by atoms with van der Waals surface area (Å²) in [6.07, 6.45) is 0.0475. The summed E-state index contributed by atoms with van der Waals surface area (Å²) in [4.78, 5) is 28.0. The van der Waals surface area contributed by atoms with Crippen molar-refractivity contribution < 1.29 is 23.9 Å². The number of nitro benzene ring substituents is 1. The average molecular weight is 431 g/mol. The third-order valence-electron chi connectivity index (χ3n) is 4.45. The van der Waals surface area contributed by atoms with Crippen LogP contribution < -0.4 is 14.3 Å². The molecule has 0 unspecified atom stereocenters. The third kappa shape index (κ3) is 4.66. The predicted molar refractivity (Wildman–Crippen MR) is 112 cm³/mol. The minimum absolute atomic E-state index is 0.0107. The Bertz CT molecular complexity index is 1150. The van der Waals surface area contributed by atoms with Crippen LogP contribution in [0.1, 0.15) is 5.56 Å². The van der Waals surface area contributed by atoms with E-state index in [9.17, 15) is 14.9 Å². The zero-order valence-corrected chi connectivity index (χ0v) is 17.6. The van der Waals surface area contributed by atoms with Gasteiger partial charge in [-0.05, 0) is 12.1 Å². The number of carbonyl (C=O) groups is 1. The Labute approximate surface area is 176 Å². The summed E-state index contributed by atoms with van der Waals surface area (Å²) in [6.45, 7) is 0.878. The topological polar surface area (TPSA) is 105 Å². The second-order valence-electron chi connectivity index (χ2n) is 6.30. The summed E-state index contributed by atoms with van der Waals surface area (Å²) >= 11 is 1.23. The van der Waals surface area contributed by atoms with Crippen molar-refractivity contribution >= 4 is 33.1 Å². The number of nitro groups is 1. The molecule has 158 valence electrons. The summed E-state index contributed by atoms with van der Waals surface area (Å²) < 4.78 is 18.2. The Morgan fingerprint density at radius 1 is 1.17 bits per heavy atom. The zero-order chi connectivity index (χ0) is 21.7. The molecule has 3 aromatic rings. The number of hydrogen-bond donors (Lipinski definition) is 0. The number of rotatable bonds is 8. The standard InChI is InChI=1S/C20H21N3O6S/c1-27-9-8-22-16-7-5-14(23(25)26)11-18(16)30-20(22)21-19(24)10-13-4-6-15(28-2)12-17(13)29-3/h4-7,11-12H,8-10H2,1-3H3. The zero-order valence-electron chi connectivity index (χ0n) is 16.8. The lowest BCUT2D eigenvalue weighted by Gasteiger charge is -2.09. The first-order valence-electron chi connectivity index (χ1n) is 9.02. The number of carbonyl (C=O) groups excluding carboxylic acids is 1. The Balaban J connectivity index is 1.99. The summed E-state index contributed by atoms with van der Waals surface area (Å²) in [5.74, 6) is 0.811. The normalized spacial score (nSPS) is 11.6. The van der Waals surface area contributed by atoms with Crippen LogP contribution in [0.4, 0.5) is 5.69 Å². The summed E-state index contributed by atoms with van der Waals surface area (Å²) in [5, 5.41) is 11.1. The molecule has 2 aromatic carbocycles. The molecule has 0 saturated carbocycles. The van der Waals surface area contributed by atoms with Crippen molar-refractivity contribution in [3.05, 3.63) is 56.9 Å². The van der Waals surface area contributed by atoms with E-state index in [4.69, 9.17) is 14.2 Å². The van der Waals surface area contributed by atoms with Crippen LogP contribution in [0.15, 0.2) is 41.4 Å². The highest BCUT2D eigenvalue weighted by Crippen LogP contribution is 2.26. The van der Waals surface area contributed by atoms with E-state index >= 15 is 0 Å². The molecule has 30 heavy (non-hydrogen) atoms. The van der Waals surface area contributed by atoms with Gasteiger partial charge < -0.3 is 18.8 Å². The van der Waals surface area contributed by atoms with Gasteiger partial charge in [-0.3, -0.25) is 14.9 Å². The maximum Gasteiger partial charge on any atom is 0.270 e. The highest BCUT2D eigenvalue weighted by molar-refractivity contribution is 7.16. The van der Waals surface area contributed by atoms with E-state index in [1.54, 1.807) is 38.5 Å². The molecule has 0 aliphatic rings. The lowest BCUT2D eigenvalue weighted by molar-refractivity contribution is -0.384. The highest BCUT2D eigenvalue weighted by Gasteiger charge is 2.14. The molecule has 0 bridgehead atoms. The molecule has 0 saturated heterocycles. The molecular formula is C20H21N3O6S. The molecule has 1 amide bonds. The van der Waals surface area contributed by atoms with E-state index < -0.39 is 4.92 Å². The van der Waals surface area contributed by atoms with Crippen LogP contribution in [0.25, 0.3) is 10.2 Å². The number of ether oxygens (including phenoxy) is 3. The van der Waals surface area contributed by atoms with Crippen molar-refractivity contribution in [3.8, 4) is 11.5 Å². The van der Waals surface area contributed by atoms with Gasteiger partial charge in [-0.1, -0.05) is 17.4 Å². The van der Waals surface area contributed by atoms with Crippen LogP contribution in [0.3, 0.4) is 0 Å². The van der Waals surface area contributed by atoms with Crippen molar-refractivity contribution in [2.45, 2.75) is 13.0 Å². The van der Waals surface area contributed by atoms with Gasteiger partial charge in [0.05, 0.1) is 42.4 Å². The maximum atomic E-state index is 12.7. The second-order valence-corrected chi connectivity index (χ2v) is 7.31. The molecule has 0 aliphatic carbocycles. The van der Waals surface area contributed by atoms with Crippen LogP contribution in [-0.2, 0) is 22.5 Å². The maximum absolute atomic E-state index is 12.7. The van der Waals surface area contributed by atoms with Crippen LogP contribution in [-0.4, -0.2) is 43.3 Å². The van der Waals surface area contributed by atoms with E-state index in [2.05, 4.69) is 4.99 Å². The number of thiazole rings is 1. The lowest BCUT2D eigenvalue weighted by Crippen LogP contribution is -2.19. The lowest BCUT2D eigenvalue weighted by atomic mass is 10.1. The van der Waals surface area contributed by atoms with E-state index in [0.717, 1.165) is 5.52 Å². The Morgan fingerprint density at radius 2 is 1.97 bits per heavy atom. The molecule has 0 radical (unpaired) electrons. The quantitative estimate of drug-likeness (QED) is 0.401. The monoisotopic (exact) mass is 431 g/mol. The van der Waals surface area contributed by atoms with Gasteiger partial charge in [-0.25, -0.2) is 0 Å². The van der Waals surface area contributed by atoms with Crippen molar-refractivity contribution in [3.63, 3.8) is 0 Å². The number of methoxy groups -OCH3 is 3. The molecule has 0 N–H and O–H groups in total. The fraction of sp³-hybridized carbons (Fsp3) is 0.300. The van der Waals surface area contributed by atoms with Gasteiger partial charge in [-0.2, -0.15) is 4.99 Å². The molecule has 0 atom stereocenters. The Kier molecular flexibility index (Phi) is 6.80. The number of fused-ring (bicyclic) bond motifs is 1. The SMILES string of the molecule is COCCn1c(=NC(=O)Cc2ccc(OC)cc2OC)sc2cc([N+](=O)[O-])ccc21. The molecular weight excluding hydrogens is 410 g/mol. The van der Waals surface area contributed by atoms with Gasteiger partial charge in [0.1, 0.15) is 11.5 Å². The molecule has 0 aliphatic heterocycles. The first-order chi connectivity index (χ1) is 14.5. The first-order valence-corrected chi connectivity index (χ1v) is 9.83. The van der Waals surface area contributed by atoms with Gasteiger partial charge in [0, 0.05) is 37.4 Å². The van der Waals surface area contributed by atoms with Gasteiger partial charge in [0.25, 0.3) is 11.6 Å². The second kappa shape index (κ2) is 9.51. The van der Waals surface area contributed by atoms with E-state index in [1.165, 1.54) is 30.6 Å². The van der Waals surface area contributed by atoms with Crippen LogP contribution in [0, 0.1) is 10.1 Å². The van der Waals surface area contributed by atoms with Gasteiger partial charge in [0.15, 0.2) is 4.80 Å². The van der Waals surface area contributed by atoms with Gasteiger partial charge in [0.2, 0.25) is 0 Å². The minimum atomic E-state index is -0.448. The van der Waals surface area contributed by atoms with Gasteiger partial charge >= 0.3 is 0 Å². The third-order valence-corrected chi connectivity index (χ3v) is 5.49. The summed E-state index contributed by atoms with van der Waals surface area (Å²) in [6, 6.07) is 9.81. The summed E-state index contributed by atoms with van der Waals surface area (Å²) in [7, 11) is 4.66. The summed E-state index contributed by atoms with van der Waals surface area (Å²) in [5.41, 5.74) is 1.44. The number of aromatic nitrogens is 1. The molecule has 0 spiro atoms. The van der Waals surface area contributed by atoms with Crippen LogP contribution in [0.2, 0.25) is 0 Å². The molecule has 1 heterocycles. The van der Waals surface area contributed by atoms with E-state index in [1.807, 2.05) is 4.57 Å². The van der Waals surface area contributed by atoms with Crippen LogP contribution >= 0.6 is 11.3 Å². The Hall–Kier alpha value is -3.24. The van der Waals surface area contributed by atoms with Crippen molar-refractivity contribution in [1.82, 2.24) is 4.57 Å². The fourth-order valence-electron chi connectivity index (χ4n) is 2.97. The van der Waals surface area contributed by atoms with E-state index in [0.29, 0.717) is 39.7 Å². The predicted octanol–water partition coefficient (Wildman–Crippen LogP) is 2.94. The fourth-order valence-corrected chi connectivity index (χ4v) is 4.07. The molecule has 10 heteroatoms. The largest absolute Gasteiger partial charge is 0.497 e. The Morgan fingerprint density at radius 3 is 2.63 bits per heavy atom. The van der Waals surface area contributed by atoms with Crippen LogP contribution in [0.5, 0.6) is 11.5 Å². The molecule has 9 nitrogen and oxygen atoms in total. The smallest absolute Gasteiger partial charge is 0.270 e. The van der Waals surface area contributed by atoms with Crippen molar-refractivity contribution in [2.75, 3.05) is 27.9 Å².